The van der Waals surface area contributed by atoms with Gasteiger partial charge in [-0.05, 0) is 31.0 Å². The average molecular weight is 385 g/mol. The molecule has 1 fully saturated rings. The molecule has 1 aliphatic carbocycles. The van der Waals surface area contributed by atoms with E-state index in [2.05, 4.69) is 15.6 Å². The number of carbonyl (C=O) groups is 1. The molecule has 1 amide bonds. The number of fused-ring (bicyclic) bond motifs is 1. The van der Waals surface area contributed by atoms with Crippen LogP contribution in [0, 0.1) is 0 Å². The van der Waals surface area contributed by atoms with Crippen molar-refractivity contribution in [1.82, 2.24) is 15.6 Å². The number of carbonyl (C=O) groups excluding carboxylic acids is 1. The van der Waals surface area contributed by atoms with E-state index in [1.807, 2.05) is 18.2 Å². The van der Waals surface area contributed by atoms with Crippen LogP contribution < -0.4 is 20.1 Å². The maximum Gasteiger partial charge on any atom is 0.273 e. The van der Waals surface area contributed by atoms with E-state index < -0.39 is 0 Å². The molecule has 2 heterocycles. The Bertz CT molecular complexity index is 797. The van der Waals surface area contributed by atoms with Gasteiger partial charge in [0, 0.05) is 24.7 Å². The topological polar surface area (TPSA) is 85.6 Å². The molecule has 0 atom stereocenters. The van der Waals surface area contributed by atoms with Crippen LogP contribution in [0.5, 0.6) is 11.5 Å². The van der Waals surface area contributed by atoms with Crippen molar-refractivity contribution in [3.63, 3.8) is 0 Å². The lowest BCUT2D eigenvalue weighted by molar-refractivity contribution is 0.0949. The molecule has 4 rings (SSSR count). The summed E-state index contributed by atoms with van der Waals surface area (Å²) < 4.78 is 16.6. The molecule has 0 bridgehead atoms. The molecule has 0 radical (unpaired) electrons. The van der Waals surface area contributed by atoms with E-state index in [0.717, 1.165) is 12.1 Å². The molecule has 0 unspecified atom stereocenters. The molecule has 2 aromatic rings. The van der Waals surface area contributed by atoms with Crippen LogP contribution in [0.25, 0.3) is 11.3 Å². The Morgan fingerprint density at radius 3 is 2.64 bits per heavy atom. The third-order valence-corrected chi connectivity index (χ3v) is 5.29. The smallest absolute Gasteiger partial charge is 0.273 e. The number of nitrogens with zero attached hydrogens (tertiary/aromatic N) is 1. The first-order valence-electron chi connectivity index (χ1n) is 10.2. The lowest BCUT2D eigenvalue weighted by Gasteiger charge is -2.18. The summed E-state index contributed by atoms with van der Waals surface area (Å²) in [5, 5.41) is 6.49. The minimum Gasteiger partial charge on any atom is -0.486 e. The van der Waals surface area contributed by atoms with Crippen LogP contribution in [0.1, 0.15) is 49.0 Å². The number of aromatic nitrogens is 1. The molecular weight excluding hydrogens is 358 g/mol. The fourth-order valence-corrected chi connectivity index (χ4v) is 3.82. The minimum atomic E-state index is -0.235. The molecule has 1 aliphatic heterocycles. The van der Waals surface area contributed by atoms with E-state index >= 15 is 0 Å². The van der Waals surface area contributed by atoms with E-state index in [0.29, 0.717) is 43.1 Å². The van der Waals surface area contributed by atoms with E-state index in [1.54, 1.807) is 0 Å². The van der Waals surface area contributed by atoms with Gasteiger partial charge in [-0.25, -0.2) is 4.98 Å². The number of benzene rings is 1. The number of nitrogens with one attached hydrogen (secondary N) is 2. The third kappa shape index (κ3) is 4.47. The summed E-state index contributed by atoms with van der Waals surface area (Å²) >= 11 is 0. The second-order valence-corrected chi connectivity index (χ2v) is 7.29. The van der Waals surface area contributed by atoms with Crippen molar-refractivity contribution in [2.45, 2.75) is 44.6 Å². The zero-order valence-corrected chi connectivity index (χ0v) is 16.0. The summed E-state index contributed by atoms with van der Waals surface area (Å²) in [7, 11) is 0. The molecule has 2 N–H and O–H groups in total. The van der Waals surface area contributed by atoms with Gasteiger partial charge < -0.3 is 24.5 Å². The van der Waals surface area contributed by atoms with Gasteiger partial charge in [0.25, 0.3) is 5.91 Å². The number of rotatable bonds is 6. The van der Waals surface area contributed by atoms with Gasteiger partial charge in [-0.15, -0.1) is 0 Å². The van der Waals surface area contributed by atoms with Crippen molar-refractivity contribution in [2.24, 2.45) is 0 Å². The summed E-state index contributed by atoms with van der Waals surface area (Å²) in [5.74, 6) is 1.55. The predicted molar refractivity (Wildman–Crippen MR) is 105 cm³/mol. The Kier molecular flexibility index (Phi) is 6.11. The van der Waals surface area contributed by atoms with Gasteiger partial charge in [-0.1, -0.05) is 25.7 Å². The molecule has 0 spiro atoms. The highest BCUT2D eigenvalue weighted by Gasteiger charge is 2.21. The average Bonchev–Trinajstić information content (AvgIpc) is 3.08. The highest BCUT2D eigenvalue weighted by Crippen LogP contribution is 2.35. The van der Waals surface area contributed by atoms with Crippen molar-refractivity contribution in [3.05, 3.63) is 30.3 Å². The lowest BCUT2D eigenvalue weighted by atomic mass is 10.1. The number of ether oxygens (including phenoxy) is 2. The monoisotopic (exact) mass is 385 g/mol. The SMILES string of the molecule is O=C(NCCNC1CCCCCC1)c1ncoc1-c1ccc2c(c1)OCCO2. The summed E-state index contributed by atoms with van der Waals surface area (Å²) in [6, 6.07) is 6.06. The van der Waals surface area contributed by atoms with Crippen LogP contribution in [0.15, 0.2) is 29.0 Å². The molecule has 1 aromatic carbocycles. The maximum absolute atomic E-state index is 12.6. The molecular formula is C21H27N3O4. The molecule has 1 saturated carbocycles. The van der Waals surface area contributed by atoms with Gasteiger partial charge in [0.15, 0.2) is 29.3 Å². The molecule has 1 aromatic heterocycles. The largest absolute Gasteiger partial charge is 0.486 e. The second-order valence-electron chi connectivity index (χ2n) is 7.29. The standard InChI is InChI=1S/C21H27N3O4/c25-21(23-10-9-22-16-5-3-1-2-4-6-16)19-20(28-14-24-19)15-7-8-17-18(13-15)27-12-11-26-17/h7-8,13-14,16,22H,1-6,9-12H2,(H,23,25). The van der Waals surface area contributed by atoms with Crippen LogP contribution in [0.3, 0.4) is 0 Å². The zero-order valence-electron chi connectivity index (χ0n) is 16.0. The van der Waals surface area contributed by atoms with Gasteiger partial charge >= 0.3 is 0 Å². The summed E-state index contributed by atoms with van der Waals surface area (Å²) in [6.07, 6.45) is 9.01. The van der Waals surface area contributed by atoms with E-state index in [1.165, 1.54) is 44.9 Å². The van der Waals surface area contributed by atoms with Crippen molar-refractivity contribution >= 4 is 5.91 Å². The Morgan fingerprint density at radius 1 is 1.04 bits per heavy atom. The molecule has 28 heavy (non-hydrogen) atoms. The first kappa shape index (κ1) is 18.8. The molecule has 2 aliphatic rings. The second kappa shape index (κ2) is 9.10. The highest BCUT2D eigenvalue weighted by molar-refractivity contribution is 5.97. The number of amides is 1. The van der Waals surface area contributed by atoms with Gasteiger partial charge in [0.05, 0.1) is 0 Å². The van der Waals surface area contributed by atoms with Crippen LogP contribution in [-0.4, -0.2) is 43.2 Å². The first-order valence-corrected chi connectivity index (χ1v) is 10.2. The Labute approximate surface area is 164 Å². The van der Waals surface area contributed by atoms with Crippen LogP contribution in [0.4, 0.5) is 0 Å². The fourth-order valence-electron chi connectivity index (χ4n) is 3.82. The number of oxazole rings is 1. The fraction of sp³-hybridized carbons (Fsp3) is 0.524. The highest BCUT2D eigenvalue weighted by atomic mass is 16.6. The summed E-state index contributed by atoms with van der Waals surface area (Å²) in [5.41, 5.74) is 1.02. The molecule has 150 valence electrons. The number of hydrogen-bond donors (Lipinski definition) is 2. The first-order chi connectivity index (χ1) is 13.8. The maximum atomic E-state index is 12.6. The molecule has 7 nitrogen and oxygen atoms in total. The Hall–Kier alpha value is -2.54. The Morgan fingerprint density at radius 2 is 1.82 bits per heavy atom. The Balaban J connectivity index is 1.34. The number of hydrogen-bond acceptors (Lipinski definition) is 6. The van der Waals surface area contributed by atoms with E-state index in [4.69, 9.17) is 13.9 Å². The van der Waals surface area contributed by atoms with E-state index in [-0.39, 0.29) is 11.6 Å². The van der Waals surface area contributed by atoms with Crippen LogP contribution >= 0.6 is 0 Å². The summed E-state index contributed by atoms with van der Waals surface area (Å²) in [6.45, 7) is 2.36. The third-order valence-electron chi connectivity index (χ3n) is 5.29. The van der Waals surface area contributed by atoms with Gasteiger partial charge in [-0.3, -0.25) is 4.79 Å². The van der Waals surface area contributed by atoms with E-state index in [9.17, 15) is 4.79 Å². The van der Waals surface area contributed by atoms with Gasteiger partial charge in [-0.2, -0.15) is 0 Å². The summed E-state index contributed by atoms with van der Waals surface area (Å²) in [4.78, 5) is 16.7. The molecule has 0 saturated heterocycles. The van der Waals surface area contributed by atoms with Crippen molar-refractivity contribution in [3.8, 4) is 22.8 Å². The van der Waals surface area contributed by atoms with Gasteiger partial charge in [0.1, 0.15) is 13.2 Å². The minimum absolute atomic E-state index is 0.235. The lowest BCUT2D eigenvalue weighted by Crippen LogP contribution is -2.37. The van der Waals surface area contributed by atoms with Crippen LogP contribution in [0.2, 0.25) is 0 Å². The quantitative estimate of drug-likeness (QED) is 0.587. The molecule has 7 heteroatoms. The zero-order chi connectivity index (χ0) is 19.2. The van der Waals surface area contributed by atoms with Crippen LogP contribution in [-0.2, 0) is 0 Å². The van der Waals surface area contributed by atoms with Gasteiger partial charge in [0.2, 0.25) is 0 Å². The van der Waals surface area contributed by atoms with Crippen molar-refractivity contribution in [1.29, 1.82) is 0 Å². The normalized spacial score (nSPS) is 17.1. The van der Waals surface area contributed by atoms with Crippen molar-refractivity contribution < 1.29 is 18.7 Å². The van der Waals surface area contributed by atoms with Crippen molar-refractivity contribution in [2.75, 3.05) is 26.3 Å². The predicted octanol–water partition coefficient (Wildman–Crippen LogP) is 3.16.